The van der Waals surface area contributed by atoms with Crippen LogP contribution >= 0.6 is 0 Å². The van der Waals surface area contributed by atoms with E-state index in [1.54, 1.807) is 24.0 Å². The second kappa shape index (κ2) is 5.92. The summed E-state index contributed by atoms with van der Waals surface area (Å²) in [6, 6.07) is 3.51. The normalized spacial score (nSPS) is 12.0. The van der Waals surface area contributed by atoms with Crippen molar-refractivity contribution in [3.8, 4) is 0 Å². The molecule has 114 valence electrons. The quantitative estimate of drug-likeness (QED) is 0.889. The van der Waals surface area contributed by atoms with Crippen molar-refractivity contribution in [1.29, 1.82) is 0 Å². The number of halogens is 1. The van der Waals surface area contributed by atoms with Crippen LogP contribution in [0.3, 0.4) is 0 Å². The van der Waals surface area contributed by atoms with Crippen LogP contribution in [0.1, 0.15) is 11.4 Å². The summed E-state index contributed by atoms with van der Waals surface area (Å²) in [4.78, 5) is 3.59. The van der Waals surface area contributed by atoms with Crippen LogP contribution in [0.25, 0.3) is 0 Å². The van der Waals surface area contributed by atoms with Crippen molar-refractivity contribution in [2.75, 3.05) is 7.05 Å². The Bertz CT molecular complexity index is 743. The molecule has 2 rings (SSSR count). The summed E-state index contributed by atoms with van der Waals surface area (Å²) in [6.07, 6.45) is 3.26. The molecule has 0 unspecified atom stereocenters. The molecule has 0 aliphatic rings. The number of benzene rings is 1. The highest BCUT2D eigenvalue weighted by atomic mass is 32.2. The van der Waals surface area contributed by atoms with Crippen molar-refractivity contribution in [2.45, 2.75) is 18.0 Å². The van der Waals surface area contributed by atoms with E-state index in [1.165, 1.54) is 13.1 Å². The van der Waals surface area contributed by atoms with Crippen molar-refractivity contribution < 1.29 is 17.9 Å². The highest BCUT2D eigenvalue weighted by Gasteiger charge is 2.25. The minimum Gasteiger partial charge on any atom is -0.392 e. The fraction of sp³-hybridized carbons (Fsp3) is 0.308. The summed E-state index contributed by atoms with van der Waals surface area (Å²) in [7, 11) is -0.899. The summed E-state index contributed by atoms with van der Waals surface area (Å²) >= 11 is 0. The molecule has 21 heavy (non-hydrogen) atoms. The molecule has 1 heterocycles. The van der Waals surface area contributed by atoms with Gasteiger partial charge in [0.15, 0.2) is 0 Å². The van der Waals surface area contributed by atoms with E-state index in [4.69, 9.17) is 5.11 Å². The lowest BCUT2D eigenvalue weighted by Gasteiger charge is -2.17. The van der Waals surface area contributed by atoms with Crippen molar-refractivity contribution in [2.24, 2.45) is 7.05 Å². The van der Waals surface area contributed by atoms with E-state index in [1.807, 2.05) is 0 Å². The van der Waals surface area contributed by atoms with Crippen LogP contribution in [0.5, 0.6) is 0 Å². The third kappa shape index (κ3) is 3.12. The average molecular weight is 313 g/mol. The second-order valence-corrected chi connectivity index (χ2v) is 6.65. The van der Waals surface area contributed by atoms with Gasteiger partial charge in [-0.1, -0.05) is 6.07 Å². The molecule has 0 spiro atoms. The second-order valence-electron chi connectivity index (χ2n) is 4.64. The number of rotatable bonds is 5. The van der Waals surface area contributed by atoms with E-state index >= 15 is 0 Å². The van der Waals surface area contributed by atoms with Gasteiger partial charge in [0.05, 0.1) is 13.2 Å². The van der Waals surface area contributed by atoms with Crippen LogP contribution in [0.2, 0.25) is 0 Å². The lowest BCUT2D eigenvalue weighted by Crippen LogP contribution is -2.28. The van der Waals surface area contributed by atoms with E-state index in [0.717, 1.165) is 16.4 Å². The topological polar surface area (TPSA) is 75.4 Å². The number of hydrogen-bond acceptors (Lipinski definition) is 4. The summed E-state index contributed by atoms with van der Waals surface area (Å²) in [5, 5.41) is 9.06. The summed E-state index contributed by atoms with van der Waals surface area (Å²) in [6.45, 7) is -0.333. The molecule has 8 heteroatoms. The minimum atomic E-state index is -4.00. The van der Waals surface area contributed by atoms with E-state index in [-0.39, 0.29) is 13.2 Å². The fourth-order valence-electron chi connectivity index (χ4n) is 1.84. The first kappa shape index (κ1) is 15.6. The molecule has 2 aromatic rings. The number of aryl methyl sites for hydroxylation is 1. The summed E-state index contributed by atoms with van der Waals surface area (Å²) in [5.74, 6) is -0.307. The third-order valence-electron chi connectivity index (χ3n) is 3.15. The van der Waals surface area contributed by atoms with Gasteiger partial charge in [0.25, 0.3) is 0 Å². The molecule has 1 aromatic carbocycles. The Labute approximate surface area is 122 Å². The average Bonchev–Trinajstić information content (AvgIpc) is 2.84. The molecular formula is C13H16FN3O3S. The molecule has 0 saturated carbocycles. The van der Waals surface area contributed by atoms with Crippen LogP contribution in [0, 0.1) is 5.82 Å². The Hall–Kier alpha value is -1.77. The molecule has 0 atom stereocenters. The number of imidazole rings is 1. The molecule has 0 aliphatic heterocycles. The lowest BCUT2D eigenvalue weighted by molar-refractivity contribution is 0.281. The molecule has 0 radical (unpaired) electrons. The highest BCUT2D eigenvalue weighted by molar-refractivity contribution is 7.89. The monoisotopic (exact) mass is 313 g/mol. The smallest absolute Gasteiger partial charge is 0.246 e. The van der Waals surface area contributed by atoms with Gasteiger partial charge in [-0.3, -0.25) is 0 Å². The molecule has 1 aromatic heterocycles. The Morgan fingerprint density at radius 3 is 2.71 bits per heavy atom. The molecule has 6 nitrogen and oxygen atoms in total. The molecular weight excluding hydrogens is 297 g/mol. The van der Waals surface area contributed by atoms with Crippen molar-refractivity contribution >= 4 is 10.0 Å². The maximum atomic E-state index is 13.8. The molecule has 0 aliphatic carbocycles. The SMILES string of the molecule is CN(Cc1nccn1C)S(=O)(=O)c1cc(CO)ccc1F. The Balaban J connectivity index is 2.35. The van der Waals surface area contributed by atoms with E-state index in [2.05, 4.69) is 4.98 Å². The zero-order chi connectivity index (χ0) is 15.6. The van der Waals surface area contributed by atoms with E-state index in [0.29, 0.717) is 11.4 Å². The van der Waals surface area contributed by atoms with Gasteiger partial charge in [0, 0.05) is 26.5 Å². The summed E-state index contributed by atoms with van der Waals surface area (Å²) < 4.78 is 41.4. The van der Waals surface area contributed by atoms with Crippen molar-refractivity contribution in [3.05, 3.63) is 47.8 Å². The maximum Gasteiger partial charge on any atom is 0.246 e. The van der Waals surface area contributed by atoms with Crippen molar-refractivity contribution in [3.63, 3.8) is 0 Å². The number of aromatic nitrogens is 2. The van der Waals surface area contributed by atoms with E-state index < -0.39 is 20.7 Å². The van der Waals surface area contributed by atoms with Crippen molar-refractivity contribution in [1.82, 2.24) is 13.9 Å². The van der Waals surface area contributed by atoms with Crippen LogP contribution < -0.4 is 0 Å². The van der Waals surface area contributed by atoms with Crippen LogP contribution in [0.15, 0.2) is 35.5 Å². The zero-order valence-electron chi connectivity index (χ0n) is 11.7. The first-order chi connectivity index (χ1) is 9.86. The van der Waals surface area contributed by atoms with Crippen LogP contribution in [-0.4, -0.2) is 34.4 Å². The highest BCUT2D eigenvalue weighted by Crippen LogP contribution is 2.21. The number of aliphatic hydroxyl groups excluding tert-OH is 1. The number of nitrogens with zero attached hydrogens (tertiary/aromatic N) is 3. The molecule has 1 N–H and O–H groups in total. The largest absolute Gasteiger partial charge is 0.392 e. The van der Waals surface area contributed by atoms with Gasteiger partial charge in [0.1, 0.15) is 16.5 Å². The van der Waals surface area contributed by atoms with Gasteiger partial charge in [-0.05, 0) is 17.7 Å². The van der Waals surface area contributed by atoms with Gasteiger partial charge < -0.3 is 9.67 Å². The predicted molar refractivity (Wildman–Crippen MR) is 74.2 cm³/mol. The molecule has 0 fully saturated rings. The van der Waals surface area contributed by atoms with Gasteiger partial charge in [-0.2, -0.15) is 4.31 Å². The van der Waals surface area contributed by atoms with E-state index in [9.17, 15) is 12.8 Å². The molecule has 0 bridgehead atoms. The number of hydrogen-bond donors (Lipinski definition) is 1. The third-order valence-corrected chi connectivity index (χ3v) is 4.97. The zero-order valence-corrected chi connectivity index (χ0v) is 12.5. The van der Waals surface area contributed by atoms with Crippen LogP contribution in [-0.2, 0) is 30.2 Å². The maximum absolute atomic E-state index is 13.8. The Morgan fingerprint density at radius 2 is 2.14 bits per heavy atom. The molecule has 0 saturated heterocycles. The summed E-state index contributed by atoms with van der Waals surface area (Å²) in [5.41, 5.74) is 0.334. The van der Waals surface area contributed by atoms with Gasteiger partial charge >= 0.3 is 0 Å². The van der Waals surface area contributed by atoms with Gasteiger partial charge in [0.2, 0.25) is 10.0 Å². The standard InChI is InChI=1S/C13H16FN3O3S/c1-16-6-5-15-13(16)8-17(2)21(19,20)12-7-10(9-18)3-4-11(12)14/h3-7,18H,8-9H2,1-2H3. The first-order valence-electron chi connectivity index (χ1n) is 6.18. The number of aliphatic hydroxyl groups is 1. The Kier molecular flexibility index (Phi) is 4.40. The van der Waals surface area contributed by atoms with Gasteiger partial charge in [-0.15, -0.1) is 0 Å². The van der Waals surface area contributed by atoms with Gasteiger partial charge in [-0.25, -0.2) is 17.8 Å². The minimum absolute atomic E-state index is 0.0224. The van der Waals surface area contributed by atoms with Crippen LogP contribution in [0.4, 0.5) is 4.39 Å². The number of sulfonamides is 1. The fourth-order valence-corrected chi connectivity index (χ4v) is 3.08. The molecule has 0 amide bonds. The first-order valence-corrected chi connectivity index (χ1v) is 7.62. The Morgan fingerprint density at radius 1 is 1.43 bits per heavy atom. The lowest BCUT2D eigenvalue weighted by atomic mass is 10.2. The predicted octanol–water partition coefficient (Wildman–Crippen LogP) is 0.872.